The fraction of sp³-hybridized carbons (Fsp3) is 0.273. The molecule has 0 atom stereocenters. The molecule has 0 radical (unpaired) electrons. The molecule has 0 saturated heterocycles. The number of carbonyl (C=O) groups is 1. The highest BCUT2D eigenvalue weighted by molar-refractivity contribution is 6.00. The van der Waals surface area contributed by atoms with Crippen LogP contribution in [0.25, 0.3) is 0 Å². The third kappa shape index (κ3) is 1.98. The number of hydrogen-bond acceptors (Lipinski definition) is 3. The molecular weight excluding hydrogens is 192 g/mol. The Hall–Kier alpha value is -1.84. The Morgan fingerprint density at radius 2 is 2.33 bits per heavy atom. The zero-order valence-electron chi connectivity index (χ0n) is 8.70. The summed E-state index contributed by atoms with van der Waals surface area (Å²) in [6, 6.07) is 6.07. The van der Waals surface area contributed by atoms with Crippen molar-refractivity contribution >= 4 is 17.6 Å². The number of aliphatic imine (C=N–C) groups is 1. The number of rotatable bonds is 0. The van der Waals surface area contributed by atoms with Gasteiger partial charge in [0.1, 0.15) is 5.84 Å². The molecule has 1 amide bonds. The van der Waals surface area contributed by atoms with Crippen LogP contribution in [0.2, 0.25) is 0 Å². The average molecular weight is 204 g/mol. The Kier molecular flexibility index (Phi) is 2.41. The first-order chi connectivity index (χ1) is 7.19. The highest BCUT2D eigenvalue weighted by Gasteiger charge is 2.16. The number of nitrogens with zero attached hydrogens (tertiary/aromatic N) is 1. The Morgan fingerprint density at radius 3 is 3.07 bits per heavy atom. The minimum absolute atomic E-state index is 0.474. The van der Waals surface area contributed by atoms with E-state index >= 15 is 0 Å². The molecule has 1 aromatic rings. The van der Waals surface area contributed by atoms with Crippen molar-refractivity contribution in [2.45, 2.75) is 13.3 Å². The Morgan fingerprint density at radius 1 is 1.53 bits per heavy atom. The lowest BCUT2D eigenvalue weighted by molar-refractivity contribution is 0.176. The van der Waals surface area contributed by atoms with Crippen LogP contribution in [0.1, 0.15) is 11.1 Å². The molecule has 1 aliphatic rings. The summed E-state index contributed by atoms with van der Waals surface area (Å²) >= 11 is 0. The van der Waals surface area contributed by atoms with Gasteiger partial charge in [0.05, 0.1) is 12.8 Å². The van der Waals surface area contributed by atoms with Crippen molar-refractivity contribution in [2.24, 2.45) is 4.99 Å². The third-order valence-corrected chi connectivity index (χ3v) is 2.29. The van der Waals surface area contributed by atoms with Crippen LogP contribution >= 0.6 is 0 Å². The maximum absolute atomic E-state index is 11.0. The second-order valence-corrected chi connectivity index (χ2v) is 3.48. The van der Waals surface area contributed by atoms with Crippen LogP contribution in [0, 0.1) is 6.92 Å². The van der Waals surface area contributed by atoms with Gasteiger partial charge in [-0.05, 0) is 24.1 Å². The molecule has 0 bridgehead atoms. The molecule has 4 nitrogen and oxygen atoms in total. The van der Waals surface area contributed by atoms with E-state index in [0.717, 1.165) is 16.8 Å². The molecule has 1 aromatic carbocycles. The number of carbonyl (C=O) groups excluding carboxylic acids is 1. The number of aryl methyl sites for hydroxylation is 1. The molecule has 0 unspecified atom stereocenters. The van der Waals surface area contributed by atoms with Crippen LogP contribution in [0.5, 0.6) is 0 Å². The van der Waals surface area contributed by atoms with Gasteiger partial charge in [-0.15, -0.1) is 0 Å². The first-order valence-corrected chi connectivity index (χ1v) is 4.71. The molecule has 2 rings (SSSR count). The van der Waals surface area contributed by atoms with Gasteiger partial charge in [0.2, 0.25) is 0 Å². The highest BCUT2D eigenvalue weighted by atomic mass is 16.5. The SMILES string of the molecule is COC(=O)NC1=Nc2cc(C)ccc2C1. The first-order valence-electron chi connectivity index (χ1n) is 4.71. The van der Waals surface area contributed by atoms with Crippen molar-refractivity contribution in [3.05, 3.63) is 29.3 Å². The normalized spacial score (nSPS) is 13.1. The molecule has 0 fully saturated rings. The summed E-state index contributed by atoms with van der Waals surface area (Å²) in [7, 11) is 1.34. The van der Waals surface area contributed by atoms with Crippen molar-refractivity contribution in [1.82, 2.24) is 5.32 Å². The second kappa shape index (κ2) is 3.73. The maximum atomic E-state index is 11.0. The van der Waals surface area contributed by atoms with E-state index in [-0.39, 0.29) is 0 Å². The van der Waals surface area contributed by atoms with E-state index in [1.807, 2.05) is 25.1 Å². The van der Waals surface area contributed by atoms with Gasteiger partial charge in [0.15, 0.2) is 0 Å². The first kappa shape index (κ1) is 9.71. The number of alkyl carbamates (subject to hydrolysis) is 1. The van der Waals surface area contributed by atoms with Gasteiger partial charge < -0.3 is 4.74 Å². The van der Waals surface area contributed by atoms with Gasteiger partial charge in [-0.3, -0.25) is 5.32 Å². The molecule has 1 N–H and O–H groups in total. The summed E-state index contributed by atoms with van der Waals surface area (Å²) in [5.74, 6) is 0.641. The second-order valence-electron chi connectivity index (χ2n) is 3.48. The molecule has 0 aliphatic carbocycles. The number of nitrogens with one attached hydrogen (secondary N) is 1. The van der Waals surface area contributed by atoms with Gasteiger partial charge in [-0.2, -0.15) is 0 Å². The third-order valence-electron chi connectivity index (χ3n) is 2.29. The van der Waals surface area contributed by atoms with Crippen LogP contribution in [-0.4, -0.2) is 19.0 Å². The number of methoxy groups -OCH3 is 1. The van der Waals surface area contributed by atoms with Crippen molar-refractivity contribution in [1.29, 1.82) is 0 Å². The standard InChI is InChI=1S/C11H12N2O2/c1-7-3-4-8-6-10(12-9(8)5-7)13-11(14)15-2/h3-5H,6H2,1-2H3,(H,12,13,14). The van der Waals surface area contributed by atoms with Crippen LogP contribution in [0.3, 0.4) is 0 Å². The van der Waals surface area contributed by atoms with E-state index in [1.54, 1.807) is 0 Å². The number of amides is 1. The molecule has 15 heavy (non-hydrogen) atoms. The van der Waals surface area contributed by atoms with E-state index in [4.69, 9.17) is 0 Å². The summed E-state index contributed by atoms with van der Waals surface area (Å²) in [6.07, 6.45) is 0.184. The molecule has 1 aliphatic heterocycles. The maximum Gasteiger partial charge on any atom is 0.412 e. The van der Waals surface area contributed by atoms with Gasteiger partial charge in [-0.25, -0.2) is 9.79 Å². The lowest BCUT2D eigenvalue weighted by Crippen LogP contribution is -2.30. The summed E-state index contributed by atoms with van der Waals surface area (Å²) in [5.41, 5.74) is 3.23. The molecule has 78 valence electrons. The summed E-state index contributed by atoms with van der Waals surface area (Å²) < 4.78 is 4.50. The highest BCUT2D eigenvalue weighted by Crippen LogP contribution is 2.26. The number of amidine groups is 1. The predicted octanol–water partition coefficient (Wildman–Crippen LogP) is 1.94. The topological polar surface area (TPSA) is 50.7 Å². The van der Waals surface area contributed by atoms with E-state index in [2.05, 4.69) is 15.0 Å². The van der Waals surface area contributed by atoms with E-state index in [1.165, 1.54) is 7.11 Å². The summed E-state index contributed by atoms with van der Waals surface area (Å²) in [4.78, 5) is 15.3. The lowest BCUT2D eigenvalue weighted by atomic mass is 10.1. The molecule has 0 aromatic heterocycles. The van der Waals surface area contributed by atoms with Crippen LogP contribution < -0.4 is 5.32 Å². The largest absolute Gasteiger partial charge is 0.453 e. The minimum atomic E-state index is -0.474. The number of benzene rings is 1. The van der Waals surface area contributed by atoms with Crippen molar-refractivity contribution in [3.63, 3.8) is 0 Å². The average Bonchev–Trinajstić information content (AvgIpc) is 2.59. The van der Waals surface area contributed by atoms with Crippen LogP contribution in [-0.2, 0) is 11.2 Å². The van der Waals surface area contributed by atoms with Crippen LogP contribution in [0.15, 0.2) is 23.2 Å². The van der Waals surface area contributed by atoms with Gasteiger partial charge >= 0.3 is 6.09 Å². The van der Waals surface area contributed by atoms with Crippen molar-refractivity contribution in [2.75, 3.05) is 7.11 Å². The molecule has 0 spiro atoms. The van der Waals surface area contributed by atoms with E-state index in [9.17, 15) is 4.79 Å². The fourth-order valence-electron chi connectivity index (χ4n) is 1.53. The fourth-order valence-corrected chi connectivity index (χ4v) is 1.53. The van der Waals surface area contributed by atoms with Gasteiger partial charge in [0.25, 0.3) is 0 Å². The number of hydrogen-bond donors (Lipinski definition) is 1. The summed E-state index contributed by atoms with van der Waals surface area (Å²) in [5, 5.41) is 2.58. The molecule has 4 heteroatoms. The monoisotopic (exact) mass is 204 g/mol. The zero-order chi connectivity index (χ0) is 10.8. The van der Waals surface area contributed by atoms with Gasteiger partial charge in [0, 0.05) is 6.42 Å². The Labute approximate surface area is 88.0 Å². The lowest BCUT2D eigenvalue weighted by Gasteiger charge is -2.00. The Bertz CT molecular complexity index is 438. The molecule has 0 saturated carbocycles. The van der Waals surface area contributed by atoms with E-state index < -0.39 is 6.09 Å². The quantitative estimate of drug-likeness (QED) is 0.702. The smallest absolute Gasteiger partial charge is 0.412 e. The summed E-state index contributed by atoms with van der Waals surface area (Å²) in [6.45, 7) is 2.02. The predicted molar refractivity (Wildman–Crippen MR) is 57.5 cm³/mol. The van der Waals surface area contributed by atoms with E-state index in [0.29, 0.717) is 12.3 Å². The minimum Gasteiger partial charge on any atom is -0.453 e. The van der Waals surface area contributed by atoms with Gasteiger partial charge in [-0.1, -0.05) is 12.1 Å². The molecular formula is C11H12N2O2. The van der Waals surface area contributed by atoms with Crippen molar-refractivity contribution < 1.29 is 9.53 Å². The van der Waals surface area contributed by atoms with Crippen LogP contribution in [0.4, 0.5) is 10.5 Å². The number of ether oxygens (including phenoxy) is 1. The number of fused-ring (bicyclic) bond motifs is 1. The Balaban J connectivity index is 2.17. The van der Waals surface area contributed by atoms with Crippen molar-refractivity contribution in [3.8, 4) is 0 Å². The zero-order valence-corrected chi connectivity index (χ0v) is 8.70. The molecule has 1 heterocycles.